The van der Waals surface area contributed by atoms with Crippen LogP contribution in [0.25, 0.3) is 22.3 Å². The first-order valence-corrected chi connectivity index (χ1v) is 9.47. The Hall–Kier alpha value is -2.15. The summed E-state index contributed by atoms with van der Waals surface area (Å²) >= 11 is 0. The number of nitrogens with zero attached hydrogens (tertiary/aromatic N) is 3. The predicted octanol–water partition coefficient (Wildman–Crippen LogP) is 3.78. The average Bonchev–Trinajstić information content (AvgIpc) is 3.04. The van der Waals surface area contributed by atoms with Crippen LogP contribution in [-0.2, 0) is 0 Å². The zero-order chi connectivity index (χ0) is 19.0. The first-order valence-electron chi connectivity index (χ1n) is 9.47. The van der Waals surface area contributed by atoms with Crippen molar-refractivity contribution in [3.63, 3.8) is 0 Å². The number of fused-ring (bicyclic) bond motifs is 1. The molecule has 6 nitrogen and oxygen atoms in total. The van der Waals surface area contributed by atoms with E-state index in [1.54, 1.807) is 6.20 Å². The van der Waals surface area contributed by atoms with Crippen LogP contribution in [0.5, 0.6) is 0 Å². The van der Waals surface area contributed by atoms with Crippen molar-refractivity contribution in [2.45, 2.75) is 26.8 Å². The topological polar surface area (TPSA) is 71.8 Å². The molecule has 1 aromatic carbocycles. The van der Waals surface area contributed by atoms with E-state index in [9.17, 15) is 4.79 Å². The normalized spacial score (nSPS) is 13.5. The number of rotatable bonds is 5. The van der Waals surface area contributed by atoms with Crippen molar-refractivity contribution < 1.29 is 4.79 Å². The summed E-state index contributed by atoms with van der Waals surface area (Å²) in [5, 5.41) is 11.6. The quantitative estimate of drug-likeness (QED) is 0.639. The van der Waals surface area contributed by atoms with Gasteiger partial charge in [-0.3, -0.25) is 4.79 Å². The summed E-state index contributed by atoms with van der Waals surface area (Å²) in [5.74, 6) is 0.452. The van der Waals surface area contributed by atoms with Gasteiger partial charge in [-0.15, -0.1) is 24.8 Å². The van der Waals surface area contributed by atoms with Crippen molar-refractivity contribution in [3.8, 4) is 11.3 Å². The minimum absolute atomic E-state index is 0. The highest BCUT2D eigenvalue weighted by Crippen LogP contribution is 2.28. The lowest BCUT2D eigenvalue weighted by molar-refractivity contribution is 0.0944. The first-order chi connectivity index (χ1) is 13.0. The summed E-state index contributed by atoms with van der Waals surface area (Å²) in [4.78, 5) is 17.8. The summed E-state index contributed by atoms with van der Waals surface area (Å²) in [6, 6.07) is 10.2. The van der Waals surface area contributed by atoms with Crippen molar-refractivity contribution in [2.75, 3.05) is 19.6 Å². The third-order valence-corrected chi connectivity index (χ3v) is 5.14. The van der Waals surface area contributed by atoms with Crippen LogP contribution in [0.4, 0.5) is 0 Å². The lowest BCUT2D eigenvalue weighted by Crippen LogP contribution is -2.48. The maximum Gasteiger partial charge on any atom is 0.252 e. The van der Waals surface area contributed by atoms with Crippen LogP contribution < -0.4 is 10.6 Å². The molecule has 1 fully saturated rings. The van der Waals surface area contributed by atoms with Crippen molar-refractivity contribution in [2.24, 2.45) is 5.92 Å². The molecule has 8 heteroatoms. The number of aromatic nitrogens is 3. The van der Waals surface area contributed by atoms with E-state index in [2.05, 4.69) is 42.6 Å². The summed E-state index contributed by atoms with van der Waals surface area (Å²) in [6.07, 6.45) is 1.75. The number of carbonyl (C=O) groups excluding carboxylic acids is 1. The van der Waals surface area contributed by atoms with Gasteiger partial charge in [0.15, 0.2) is 5.65 Å². The van der Waals surface area contributed by atoms with Gasteiger partial charge in [0.2, 0.25) is 0 Å². The van der Waals surface area contributed by atoms with E-state index < -0.39 is 0 Å². The van der Waals surface area contributed by atoms with Gasteiger partial charge in [-0.1, -0.05) is 24.3 Å². The van der Waals surface area contributed by atoms with E-state index in [0.29, 0.717) is 18.0 Å². The van der Waals surface area contributed by atoms with E-state index in [0.717, 1.165) is 40.9 Å². The van der Waals surface area contributed by atoms with Crippen LogP contribution in [0.15, 0.2) is 36.5 Å². The average molecular weight is 436 g/mol. The van der Waals surface area contributed by atoms with Gasteiger partial charge in [-0.2, -0.15) is 5.10 Å². The Bertz CT molecular complexity index is 998. The lowest BCUT2D eigenvalue weighted by atomic mass is 10.0. The standard InChI is InChI=1S/C21H25N5O.2ClH/c1-13(2)26-20-18(12-24-26)17(21(27)23-11-15-9-22-10-15)8-19(25-20)16-7-5-4-6-14(16)3;;/h4-8,12-13,15,22H,9-11H2,1-3H3,(H,23,27);2*1H. The molecule has 0 atom stereocenters. The number of amides is 1. The molecule has 1 aliphatic heterocycles. The Labute approximate surface area is 183 Å². The molecule has 3 heterocycles. The molecule has 0 aliphatic carbocycles. The number of hydrogen-bond acceptors (Lipinski definition) is 4. The van der Waals surface area contributed by atoms with Crippen molar-refractivity contribution in [1.29, 1.82) is 0 Å². The molecule has 0 unspecified atom stereocenters. The second kappa shape index (κ2) is 9.57. The molecule has 29 heavy (non-hydrogen) atoms. The second-order valence-corrected chi connectivity index (χ2v) is 7.52. The van der Waals surface area contributed by atoms with Crippen molar-refractivity contribution >= 4 is 41.8 Å². The molecular formula is C21H27Cl2N5O. The Morgan fingerprint density at radius 1 is 1.28 bits per heavy atom. The van der Waals surface area contributed by atoms with Gasteiger partial charge >= 0.3 is 0 Å². The number of pyridine rings is 1. The van der Waals surface area contributed by atoms with E-state index in [1.165, 1.54) is 0 Å². The summed E-state index contributed by atoms with van der Waals surface area (Å²) in [5.41, 5.74) is 4.36. The number of nitrogens with one attached hydrogen (secondary N) is 2. The van der Waals surface area contributed by atoms with Crippen LogP contribution in [0.3, 0.4) is 0 Å². The van der Waals surface area contributed by atoms with Crippen LogP contribution in [-0.4, -0.2) is 40.3 Å². The highest BCUT2D eigenvalue weighted by Gasteiger charge is 2.21. The predicted molar refractivity (Wildman–Crippen MR) is 121 cm³/mol. The number of halogens is 2. The van der Waals surface area contributed by atoms with Crippen molar-refractivity contribution in [3.05, 3.63) is 47.7 Å². The lowest BCUT2D eigenvalue weighted by Gasteiger charge is -2.27. The van der Waals surface area contributed by atoms with E-state index in [1.807, 2.05) is 28.9 Å². The van der Waals surface area contributed by atoms with Gasteiger partial charge in [0.25, 0.3) is 5.91 Å². The van der Waals surface area contributed by atoms with Gasteiger partial charge in [0.05, 0.1) is 22.8 Å². The third kappa shape index (κ3) is 4.55. The smallest absolute Gasteiger partial charge is 0.252 e. The molecule has 156 valence electrons. The molecule has 0 bridgehead atoms. The molecule has 0 spiro atoms. The minimum atomic E-state index is -0.0626. The minimum Gasteiger partial charge on any atom is -0.352 e. The Kier molecular flexibility index (Phi) is 7.63. The molecule has 1 aliphatic rings. The molecule has 4 rings (SSSR count). The Balaban J connectivity index is 0.00000150. The molecule has 2 N–H and O–H groups in total. The van der Waals surface area contributed by atoms with Crippen molar-refractivity contribution in [1.82, 2.24) is 25.4 Å². The zero-order valence-electron chi connectivity index (χ0n) is 16.8. The van der Waals surface area contributed by atoms with E-state index >= 15 is 0 Å². The Morgan fingerprint density at radius 2 is 2.00 bits per heavy atom. The molecule has 2 aromatic heterocycles. The number of aryl methyl sites for hydroxylation is 1. The SMILES string of the molecule is Cc1ccccc1-c1cc(C(=O)NCC2CNC2)c2cnn(C(C)C)c2n1.Cl.Cl. The Morgan fingerprint density at radius 3 is 2.62 bits per heavy atom. The summed E-state index contributed by atoms with van der Waals surface area (Å²) in [7, 11) is 0. The molecule has 0 radical (unpaired) electrons. The maximum absolute atomic E-state index is 13.0. The van der Waals surface area contributed by atoms with Crippen LogP contribution in [0, 0.1) is 12.8 Å². The van der Waals surface area contributed by atoms with Gasteiger partial charge < -0.3 is 10.6 Å². The highest BCUT2D eigenvalue weighted by atomic mass is 35.5. The molecule has 1 amide bonds. The summed E-state index contributed by atoms with van der Waals surface area (Å²) < 4.78 is 1.88. The largest absolute Gasteiger partial charge is 0.352 e. The maximum atomic E-state index is 13.0. The molecular weight excluding hydrogens is 409 g/mol. The van der Waals surface area contributed by atoms with E-state index in [-0.39, 0.29) is 36.8 Å². The highest BCUT2D eigenvalue weighted by molar-refractivity contribution is 6.06. The van der Waals surface area contributed by atoms with Crippen LogP contribution >= 0.6 is 24.8 Å². The third-order valence-electron chi connectivity index (χ3n) is 5.14. The fraction of sp³-hybridized carbons (Fsp3) is 0.381. The van der Waals surface area contributed by atoms with Crippen LogP contribution in [0.1, 0.15) is 35.8 Å². The molecule has 1 saturated heterocycles. The molecule has 0 saturated carbocycles. The number of benzene rings is 1. The zero-order valence-corrected chi connectivity index (χ0v) is 18.4. The second-order valence-electron chi connectivity index (χ2n) is 7.52. The monoisotopic (exact) mass is 435 g/mol. The number of hydrogen-bond donors (Lipinski definition) is 2. The van der Waals surface area contributed by atoms with Gasteiger partial charge in [-0.05, 0) is 32.4 Å². The molecule has 3 aromatic rings. The van der Waals surface area contributed by atoms with Gasteiger partial charge in [0.1, 0.15) is 0 Å². The first kappa shape index (κ1) is 23.1. The van der Waals surface area contributed by atoms with Crippen LogP contribution in [0.2, 0.25) is 0 Å². The number of carbonyl (C=O) groups is 1. The van der Waals surface area contributed by atoms with E-state index in [4.69, 9.17) is 4.98 Å². The summed E-state index contributed by atoms with van der Waals surface area (Å²) in [6.45, 7) is 8.81. The van der Waals surface area contributed by atoms with Gasteiger partial charge in [0, 0.05) is 37.2 Å². The van der Waals surface area contributed by atoms with Gasteiger partial charge in [-0.25, -0.2) is 9.67 Å². The fourth-order valence-electron chi connectivity index (χ4n) is 3.41. The fourth-order valence-corrected chi connectivity index (χ4v) is 3.41.